The van der Waals surface area contributed by atoms with E-state index in [1.54, 1.807) is 0 Å². The second-order valence-corrected chi connectivity index (χ2v) is 9.05. The van der Waals surface area contributed by atoms with E-state index in [9.17, 15) is 9.59 Å². The molecule has 6 nitrogen and oxygen atoms in total. The number of carbonyl (C=O) groups excluding carboxylic acids is 2. The summed E-state index contributed by atoms with van der Waals surface area (Å²) in [5, 5.41) is 15.1. The molecule has 2 N–H and O–H groups in total. The first-order valence-corrected chi connectivity index (χ1v) is 11.7. The molecule has 0 saturated heterocycles. The van der Waals surface area contributed by atoms with Gasteiger partial charge in [-0.3, -0.25) is 14.9 Å². The minimum absolute atomic E-state index is 0.0204. The van der Waals surface area contributed by atoms with Crippen LogP contribution in [0.5, 0.6) is 0 Å². The first-order valence-electron chi connectivity index (χ1n) is 10.1. The topological polar surface area (TPSA) is 84.0 Å². The summed E-state index contributed by atoms with van der Waals surface area (Å²) in [5.74, 6) is -0.307. The maximum Gasteiger partial charge on any atom is 0.249 e. The molecule has 1 aromatic heterocycles. The predicted molar refractivity (Wildman–Crippen MR) is 122 cm³/mol. The van der Waals surface area contributed by atoms with E-state index in [0.717, 1.165) is 47.1 Å². The number of aromatic nitrogens is 2. The standard InChI is InChI=1S/C21H29BrN4O2S/c1-4-6-7-8-12-17(27)23-18(14(3)5-2)19(28)24-21-26-25-20(29-21)15-10-9-11-16(22)13-15/h9-11,13-14,18H,4-8,12H2,1-3H3,(H,23,27)(H,24,26,28)/t14-,18+/m1/s1. The largest absolute Gasteiger partial charge is 0.344 e. The van der Waals surface area contributed by atoms with Gasteiger partial charge in [-0.15, -0.1) is 10.2 Å². The van der Waals surface area contributed by atoms with Gasteiger partial charge in [-0.2, -0.15) is 0 Å². The summed E-state index contributed by atoms with van der Waals surface area (Å²) < 4.78 is 0.953. The van der Waals surface area contributed by atoms with Gasteiger partial charge in [-0.05, 0) is 24.5 Å². The molecule has 0 radical (unpaired) electrons. The van der Waals surface area contributed by atoms with Crippen molar-refractivity contribution in [2.45, 2.75) is 65.3 Å². The smallest absolute Gasteiger partial charge is 0.249 e. The number of unbranched alkanes of at least 4 members (excludes halogenated alkanes) is 3. The molecule has 0 unspecified atom stereocenters. The molecule has 29 heavy (non-hydrogen) atoms. The van der Waals surface area contributed by atoms with Gasteiger partial charge in [0, 0.05) is 16.5 Å². The van der Waals surface area contributed by atoms with Gasteiger partial charge in [-0.1, -0.05) is 85.9 Å². The second-order valence-electron chi connectivity index (χ2n) is 7.15. The van der Waals surface area contributed by atoms with E-state index < -0.39 is 6.04 Å². The number of rotatable bonds is 11. The number of nitrogens with zero attached hydrogens (tertiary/aromatic N) is 2. The van der Waals surface area contributed by atoms with Crippen molar-refractivity contribution in [1.29, 1.82) is 0 Å². The van der Waals surface area contributed by atoms with Gasteiger partial charge >= 0.3 is 0 Å². The molecule has 0 spiro atoms. The van der Waals surface area contributed by atoms with Crippen LogP contribution in [0.15, 0.2) is 28.7 Å². The lowest BCUT2D eigenvalue weighted by Crippen LogP contribution is -2.47. The van der Waals surface area contributed by atoms with Crippen LogP contribution in [0.1, 0.15) is 59.3 Å². The number of halogens is 1. The van der Waals surface area contributed by atoms with Crippen molar-refractivity contribution >= 4 is 44.2 Å². The van der Waals surface area contributed by atoms with E-state index in [0.29, 0.717) is 11.6 Å². The zero-order valence-corrected chi connectivity index (χ0v) is 19.6. The SMILES string of the molecule is CCCCCCC(=O)N[C@H](C(=O)Nc1nnc(-c2cccc(Br)c2)s1)[C@H](C)CC. The maximum absolute atomic E-state index is 12.8. The molecule has 0 aliphatic rings. The molecule has 8 heteroatoms. The van der Waals surface area contributed by atoms with Crippen LogP contribution in [0.4, 0.5) is 5.13 Å². The van der Waals surface area contributed by atoms with Gasteiger partial charge in [0.1, 0.15) is 11.0 Å². The Bertz CT molecular complexity index is 811. The van der Waals surface area contributed by atoms with Crippen LogP contribution in [0.3, 0.4) is 0 Å². The molecule has 158 valence electrons. The van der Waals surface area contributed by atoms with Gasteiger partial charge in [0.25, 0.3) is 0 Å². The summed E-state index contributed by atoms with van der Waals surface area (Å²) >= 11 is 4.76. The van der Waals surface area contributed by atoms with Crippen LogP contribution in [-0.2, 0) is 9.59 Å². The number of benzene rings is 1. The molecule has 2 aromatic rings. The Morgan fingerprint density at radius 1 is 1.17 bits per heavy atom. The lowest BCUT2D eigenvalue weighted by atomic mass is 9.98. The van der Waals surface area contributed by atoms with E-state index in [2.05, 4.69) is 43.7 Å². The zero-order chi connectivity index (χ0) is 21.2. The van der Waals surface area contributed by atoms with Crippen LogP contribution >= 0.6 is 27.3 Å². The molecule has 0 aliphatic carbocycles. The van der Waals surface area contributed by atoms with E-state index in [1.807, 2.05) is 38.1 Å². The Morgan fingerprint density at radius 3 is 2.66 bits per heavy atom. The van der Waals surface area contributed by atoms with E-state index >= 15 is 0 Å². The highest BCUT2D eigenvalue weighted by Gasteiger charge is 2.26. The van der Waals surface area contributed by atoms with Gasteiger partial charge in [0.15, 0.2) is 0 Å². The van der Waals surface area contributed by atoms with Gasteiger partial charge < -0.3 is 5.32 Å². The number of nitrogens with one attached hydrogen (secondary N) is 2. The van der Waals surface area contributed by atoms with Crippen LogP contribution in [-0.4, -0.2) is 28.1 Å². The number of amides is 2. The highest BCUT2D eigenvalue weighted by molar-refractivity contribution is 9.10. The lowest BCUT2D eigenvalue weighted by molar-refractivity contribution is -0.127. The molecule has 1 aromatic carbocycles. The van der Waals surface area contributed by atoms with E-state index in [4.69, 9.17) is 0 Å². The summed E-state index contributed by atoms with van der Waals surface area (Å²) in [6.45, 7) is 6.11. The molecular weight excluding hydrogens is 452 g/mol. The van der Waals surface area contributed by atoms with E-state index in [-0.39, 0.29) is 17.7 Å². The third-order valence-corrected chi connectivity index (χ3v) is 6.18. The number of hydrogen-bond acceptors (Lipinski definition) is 5. The molecule has 0 aliphatic heterocycles. The third-order valence-electron chi connectivity index (χ3n) is 4.80. The number of anilines is 1. The molecule has 0 fully saturated rings. The van der Waals surface area contributed by atoms with Crippen molar-refractivity contribution in [3.63, 3.8) is 0 Å². The fraction of sp³-hybridized carbons (Fsp3) is 0.524. The third kappa shape index (κ3) is 7.51. The molecule has 0 saturated carbocycles. The summed E-state index contributed by atoms with van der Waals surface area (Å²) in [5.41, 5.74) is 0.927. The number of carbonyl (C=O) groups is 2. The van der Waals surface area contributed by atoms with Crippen LogP contribution in [0.2, 0.25) is 0 Å². The van der Waals surface area contributed by atoms with Crippen molar-refractivity contribution < 1.29 is 9.59 Å². The summed E-state index contributed by atoms with van der Waals surface area (Å²) in [6, 6.07) is 7.17. The van der Waals surface area contributed by atoms with Gasteiger partial charge in [-0.25, -0.2) is 0 Å². The first kappa shape index (κ1) is 23.5. The van der Waals surface area contributed by atoms with Crippen molar-refractivity contribution in [3.05, 3.63) is 28.7 Å². The summed E-state index contributed by atoms with van der Waals surface area (Å²) in [4.78, 5) is 25.1. The average molecular weight is 481 g/mol. The molecule has 2 rings (SSSR count). The highest BCUT2D eigenvalue weighted by atomic mass is 79.9. The summed E-state index contributed by atoms with van der Waals surface area (Å²) in [7, 11) is 0. The average Bonchev–Trinajstić information content (AvgIpc) is 3.17. The minimum Gasteiger partial charge on any atom is -0.344 e. The van der Waals surface area contributed by atoms with Crippen molar-refractivity contribution in [2.24, 2.45) is 5.92 Å². The Hall–Kier alpha value is -1.80. The van der Waals surface area contributed by atoms with Gasteiger partial charge in [0.2, 0.25) is 16.9 Å². The monoisotopic (exact) mass is 480 g/mol. The molecule has 0 bridgehead atoms. The summed E-state index contributed by atoms with van der Waals surface area (Å²) in [6.07, 6.45) is 5.37. The Balaban J connectivity index is 2.00. The predicted octanol–water partition coefficient (Wildman–Crippen LogP) is 5.41. The number of hydrogen-bond donors (Lipinski definition) is 2. The highest BCUT2D eigenvalue weighted by Crippen LogP contribution is 2.28. The Morgan fingerprint density at radius 2 is 1.97 bits per heavy atom. The molecule has 2 atom stereocenters. The van der Waals surface area contributed by atoms with E-state index in [1.165, 1.54) is 11.3 Å². The lowest BCUT2D eigenvalue weighted by Gasteiger charge is -2.23. The fourth-order valence-electron chi connectivity index (χ4n) is 2.85. The Kier molecular flexibility index (Phi) is 9.73. The normalized spacial score (nSPS) is 13.0. The first-order chi connectivity index (χ1) is 13.9. The molecular formula is C21H29BrN4O2S. The molecule has 1 heterocycles. The van der Waals surface area contributed by atoms with Crippen LogP contribution in [0.25, 0.3) is 10.6 Å². The quantitative estimate of drug-likeness (QED) is 0.421. The maximum atomic E-state index is 12.8. The van der Waals surface area contributed by atoms with Crippen LogP contribution in [0, 0.1) is 5.92 Å². The van der Waals surface area contributed by atoms with Crippen molar-refractivity contribution in [2.75, 3.05) is 5.32 Å². The minimum atomic E-state index is -0.586. The fourth-order valence-corrected chi connectivity index (χ4v) is 4.00. The van der Waals surface area contributed by atoms with Crippen LogP contribution < -0.4 is 10.6 Å². The second kappa shape index (κ2) is 12.0. The Labute approximate surface area is 185 Å². The van der Waals surface area contributed by atoms with Gasteiger partial charge in [0.05, 0.1) is 0 Å². The zero-order valence-electron chi connectivity index (χ0n) is 17.2. The van der Waals surface area contributed by atoms with Crippen molar-refractivity contribution in [3.8, 4) is 10.6 Å². The molecule has 2 amide bonds. The van der Waals surface area contributed by atoms with Crippen molar-refractivity contribution in [1.82, 2.24) is 15.5 Å².